The van der Waals surface area contributed by atoms with Gasteiger partial charge < -0.3 is 14.8 Å². The predicted molar refractivity (Wildman–Crippen MR) is 159 cm³/mol. The fourth-order valence-electron chi connectivity index (χ4n) is 3.60. The topological polar surface area (TPSA) is 146 Å². The van der Waals surface area contributed by atoms with E-state index in [0.29, 0.717) is 24.9 Å². The van der Waals surface area contributed by atoms with Gasteiger partial charge >= 0.3 is 12.2 Å². The highest BCUT2D eigenvalue weighted by Gasteiger charge is 2.25. The summed E-state index contributed by atoms with van der Waals surface area (Å²) in [5.74, 6) is -0.702. The number of carbonyl (C=O) groups excluding carboxylic acids is 4. The lowest BCUT2D eigenvalue weighted by Gasteiger charge is -2.28. The number of nitrogens with zero attached hydrogens (tertiary/aromatic N) is 1. The molecule has 0 fully saturated rings. The lowest BCUT2D eigenvalue weighted by molar-refractivity contribution is -0.124. The lowest BCUT2D eigenvalue weighted by atomic mass is 10.1. The Morgan fingerprint density at radius 3 is 1.98 bits per heavy atom. The molecule has 0 atom stereocenters. The van der Waals surface area contributed by atoms with E-state index in [1.165, 1.54) is 11.6 Å². The molecule has 2 aromatic carbocycles. The number of carbonyl (C=O) groups is 4. The highest BCUT2D eigenvalue weighted by Crippen LogP contribution is 2.15. The number of hydrogen-bond acceptors (Lipinski definition) is 7. The number of benzene rings is 2. The Balaban J connectivity index is 1.85. The molecule has 4 N–H and O–H groups in total. The van der Waals surface area contributed by atoms with Crippen LogP contribution in [0, 0.1) is 0 Å². The predicted octanol–water partition coefficient (Wildman–Crippen LogP) is 5.39. The molecule has 0 aliphatic rings. The van der Waals surface area contributed by atoms with E-state index in [0.717, 1.165) is 28.1 Å². The molecular formula is C31H42N4O7. The van der Waals surface area contributed by atoms with Gasteiger partial charge in [-0.05, 0) is 95.7 Å². The van der Waals surface area contributed by atoms with Crippen molar-refractivity contribution in [2.75, 3.05) is 11.9 Å². The fraction of sp³-hybridized carbons (Fsp3) is 0.419. The van der Waals surface area contributed by atoms with Crippen LogP contribution in [0.3, 0.4) is 0 Å². The quantitative estimate of drug-likeness (QED) is 0.167. The summed E-state index contributed by atoms with van der Waals surface area (Å²) in [5.41, 5.74) is 5.97. The molecule has 0 bridgehead atoms. The van der Waals surface area contributed by atoms with Crippen molar-refractivity contribution in [1.82, 2.24) is 15.9 Å². The van der Waals surface area contributed by atoms with Gasteiger partial charge in [0.15, 0.2) is 0 Å². The zero-order chi connectivity index (χ0) is 31.3. The molecule has 2 aromatic rings. The molecular weight excluding hydrogens is 540 g/mol. The van der Waals surface area contributed by atoms with Crippen LogP contribution in [0.25, 0.3) is 6.08 Å². The summed E-state index contributed by atoms with van der Waals surface area (Å²) in [6, 6.07) is 14.8. The Hall–Kier alpha value is -4.38. The third-order valence-electron chi connectivity index (χ3n) is 5.49. The van der Waals surface area contributed by atoms with Crippen molar-refractivity contribution in [3.8, 4) is 0 Å². The zero-order valence-electron chi connectivity index (χ0n) is 25.2. The van der Waals surface area contributed by atoms with Gasteiger partial charge in [-0.25, -0.2) is 25.5 Å². The fourth-order valence-corrected chi connectivity index (χ4v) is 3.60. The van der Waals surface area contributed by atoms with E-state index in [-0.39, 0.29) is 12.5 Å². The second-order valence-corrected chi connectivity index (χ2v) is 11.6. The van der Waals surface area contributed by atoms with Crippen LogP contribution >= 0.6 is 0 Å². The van der Waals surface area contributed by atoms with E-state index < -0.39 is 29.3 Å². The van der Waals surface area contributed by atoms with Crippen molar-refractivity contribution >= 4 is 35.8 Å². The minimum Gasteiger partial charge on any atom is -0.443 e. The second-order valence-electron chi connectivity index (χ2n) is 11.6. The molecule has 0 heterocycles. The number of hydroxylamine groups is 1. The molecule has 0 spiro atoms. The van der Waals surface area contributed by atoms with E-state index in [1.54, 1.807) is 59.8 Å². The Bertz CT molecular complexity index is 1230. The number of anilines is 1. The van der Waals surface area contributed by atoms with Crippen molar-refractivity contribution in [2.45, 2.75) is 78.4 Å². The first-order valence-electron chi connectivity index (χ1n) is 13.7. The molecule has 0 saturated heterocycles. The van der Waals surface area contributed by atoms with Gasteiger partial charge in [0.25, 0.3) is 5.91 Å². The van der Waals surface area contributed by atoms with E-state index in [4.69, 9.17) is 14.7 Å². The Kier molecular flexibility index (Phi) is 12.5. The molecule has 2 rings (SSSR count). The number of hydrazine groups is 1. The summed E-state index contributed by atoms with van der Waals surface area (Å²) >= 11 is 0. The number of ether oxygens (including phenoxy) is 2. The van der Waals surface area contributed by atoms with Crippen molar-refractivity contribution in [1.29, 1.82) is 0 Å². The summed E-state index contributed by atoms with van der Waals surface area (Å²) < 4.78 is 10.7. The van der Waals surface area contributed by atoms with Gasteiger partial charge in [0.2, 0.25) is 5.91 Å². The Morgan fingerprint density at radius 2 is 1.40 bits per heavy atom. The Morgan fingerprint density at radius 1 is 0.833 bits per heavy atom. The van der Waals surface area contributed by atoms with Gasteiger partial charge in [-0.1, -0.05) is 36.4 Å². The second kappa shape index (κ2) is 15.6. The number of nitrogens with one attached hydrogen (secondary N) is 3. The van der Waals surface area contributed by atoms with Crippen LogP contribution in [0.1, 0.15) is 71.1 Å². The number of amides is 4. The van der Waals surface area contributed by atoms with Crippen LogP contribution in [0.5, 0.6) is 0 Å². The summed E-state index contributed by atoms with van der Waals surface area (Å²) in [7, 11) is 0. The van der Waals surface area contributed by atoms with Crippen LogP contribution in [-0.4, -0.2) is 52.0 Å². The number of aryl methyl sites for hydroxylation is 1. The van der Waals surface area contributed by atoms with Gasteiger partial charge in [0, 0.05) is 18.2 Å². The van der Waals surface area contributed by atoms with Crippen LogP contribution in [-0.2, 0) is 31.9 Å². The molecule has 0 aliphatic carbocycles. The summed E-state index contributed by atoms with van der Waals surface area (Å²) in [6.45, 7) is 10.6. The van der Waals surface area contributed by atoms with Gasteiger partial charge in [-0.2, -0.15) is 0 Å². The maximum absolute atomic E-state index is 12.7. The highest BCUT2D eigenvalue weighted by atomic mass is 16.6. The average molecular weight is 583 g/mol. The molecule has 0 radical (unpaired) electrons. The van der Waals surface area contributed by atoms with Crippen LogP contribution in [0.4, 0.5) is 15.3 Å². The minimum absolute atomic E-state index is 0.102. The standard InChI is InChI=1S/C31H42N4O7/c1-30(2,3)41-28(38)33-35(29(39)42-31(4,5)6)21-20-24-14-17-25(18-15-24)32-26(36)9-7-8-22-10-12-23(13-11-22)16-19-27(37)34-40/h10-19,40H,7-9,20-21H2,1-6H3,(H,32,36)(H,33,38)(H,34,37)/b19-16+. The van der Waals surface area contributed by atoms with Crippen molar-refractivity contribution in [2.24, 2.45) is 0 Å². The van der Waals surface area contributed by atoms with Crippen molar-refractivity contribution < 1.29 is 33.9 Å². The van der Waals surface area contributed by atoms with E-state index >= 15 is 0 Å². The molecule has 0 aliphatic heterocycles. The van der Waals surface area contributed by atoms with Crippen LogP contribution < -0.4 is 16.2 Å². The van der Waals surface area contributed by atoms with Gasteiger partial charge in [0.1, 0.15) is 11.2 Å². The molecule has 0 unspecified atom stereocenters. The SMILES string of the molecule is CC(C)(C)OC(=O)NN(CCc1ccc(NC(=O)CCCc2ccc(/C=C/C(=O)NO)cc2)cc1)C(=O)OC(C)(C)C. The zero-order valence-corrected chi connectivity index (χ0v) is 25.2. The first-order valence-corrected chi connectivity index (χ1v) is 13.7. The molecule has 4 amide bonds. The van der Waals surface area contributed by atoms with E-state index in [9.17, 15) is 19.2 Å². The molecule has 11 heteroatoms. The largest absolute Gasteiger partial charge is 0.443 e. The summed E-state index contributed by atoms with van der Waals surface area (Å²) in [6.07, 6.45) is 3.52. The first kappa shape index (κ1) is 33.8. The first-order chi connectivity index (χ1) is 19.6. The van der Waals surface area contributed by atoms with Gasteiger partial charge in [-0.3, -0.25) is 14.8 Å². The van der Waals surface area contributed by atoms with Crippen LogP contribution in [0.2, 0.25) is 0 Å². The maximum Gasteiger partial charge on any atom is 0.429 e. The lowest BCUT2D eigenvalue weighted by Crippen LogP contribution is -2.50. The highest BCUT2D eigenvalue weighted by molar-refractivity contribution is 5.91. The van der Waals surface area contributed by atoms with Crippen LogP contribution in [0.15, 0.2) is 54.6 Å². The third-order valence-corrected chi connectivity index (χ3v) is 5.49. The molecule has 11 nitrogen and oxygen atoms in total. The molecule has 0 aromatic heterocycles. The smallest absolute Gasteiger partial charge is 0.429 e. The average Bonchev–Trinajstić information content (AvgIpc) is 2.89. The van der Waals surface area contributed by atoms with E-state index in [1.807, 2.05) is 36.4 Å². The number of rotatable bonds is 10. The normalized spacial score (nSPS) is 11.5. The van der Waals surface area contributed by atoms with Gasteiger partial charge in [0.05, 0.1) is 6.54 Å². The monoisotopic (exact) mass is 582 g/mol. The minimum atomic E-state index is -0.759. The van der Waals surface area contributed by atoms with Gasteiger partial charge in [-0.15, -0.1) is 0 Å². The third kappa shape index (κ3) is 13.8. The Labute approximate surface area is 247 Å². The summed E-state index contributed by atoms with van der Waals surface area (Å²) in [4.78, 5) is 48.4. The number of hydrogen-bond donors (Lipinski definition) is 4. The summed E-state index contributed by atoms with van der Waals surface area (Å²) in [5, 5.41) is 12.5. The van der Waals surface area contributed by atoms with E-state index in [2.05, 4.69) is 10.7 Å². The molecule has 42 heavy (non-hydrogen) atoms. The van der Waals surface area contributed by atoms with Crippen molar-refractivity contribution in [3.05, 3.63) is 71.3 Å². The maximum atomic E-state index is 12.7. The van der Waals surface area contributed by atoms with Crippen molar-refractivity contribution in [3.63, 3.8) is 0 Å². The molecule has 228 valence electrons. The molecule has 0 saturated carbocycles.